The first-order valence-corrected chi connectivity index (χ1v) is 15.2. The summed E-state index contributed by atoms with van der Waals surface area (Å²) in [5, 5.41) is 31.3. The highest BCUT2D eigenvalue weighted by Gasteiger charge is 2.41. The van der Waals surface area contributed by atoms with Gasteiger partial charge >= 0.3 is 0 Å². The largest absolute Gasteiger partial charge is 0.384 e. The highest BCUT2D eigenvalue weighted by Crippen LogP contribution is 2.47. The summed E-state index contributed by atoms with van der Waals surface area (Å²) >= 11 is 3.85. The van der Waals surface area contributed by atoms with Crippen molar-refractivity contribution >= 4 is 56.4 Å². The quantitative estimate of drug-likeness (QED) is 0.364. The lowest BCUT2D eigenvalue weighted by Gasteiger charge is -2.38. The molecule has 3 aromatic rings. The topological polar surface area (TPSA) is 151 Å². The summed E-state index contributed by atoms with van der Waals surface area (Å²) < 4.78 is 0.569. The smallest absolute Gasteiger partial charge is 0.236 e. The summed E-state index contributed by atoms with van der Waals surface area (Å²) in [5.74, 6) is -0.348. The van der Waals surface area contributed by atoms with Crippen molar-refractivity contribution in [2.45, 2.75) is 56.2 Å². The van der Waals surface area contributed by atoms with Gasteiger partial charge in [-0.3, -0.25) is 19.8 Å². The number of carbonyl (C=O) groups excluding carboxylic acids is 2. The van der Waals surface area contributed by atoms with Crippen molar-refractivity contribution in [2.75, 3.05) is 16.0 Å². The van der Waals surface area contributed by atoms with Crippen LogP contribution in [0.4, 0.5) is 10.3 Å². The van der Waals surface area contributed by atoms with Gasteiger partial charge in [-0.05, 0) is 36.8 Å². The van der Waals surface area contributed by atoms with E-state index in [2.05, 4.69) is 38.7 Å². The van der Waals surface area contributed by atoms with E-state index < -0.39 is 5.92 Å². The number of rotatable bonds is 8. The summed E-state index contributed by atoms with van der Waals surface area (Å²) in [4.78, 5) is 27.4. The van der Waals surface area contributed by atoms with Crippen molar-refractivity contribution in [3.63, 3.8) is 0 Å². The molecule has 1 amide bonds. The van der Waals surface area contributed by atoms with Crippen molar-refractivity contribution in [3.8, 4) is 6.07 Å². The first-order chi connectivity index (χ1) is 18.9. The fraction of sp³-hybridized carbons (Fsp3) is 0.346. The number of ketones is 1. The SMILES string of the molecule is CCc1ccc(C2C(C#N)=C(N)N(c3nnc(SCC(=O)Nc4nnc(CC)s4)s3)C3=C2C(=O)CCC3)cc1. The van der Waals surface area contributed by atoms with Crippen LogP contribution in [0.1, 0.15) is 55.2 Å². The van der Waals surface area contributed by atoms with Gasteiger partial charge in [-0.25, -0.2) is 0 Å². The maximum atomic E-state index is 13.3. The number of nitriles is 1. The molecule has 13 heteroatoms. The fourth-order valence-corrected chi connectivity index (χ4v) is 7.04. The molecule has 2 aromatic heterocycles. The summed E-state index contributed by atoms with van der Waals surface area (Å²) in [6, 6.07) is 10.3. The van der Waals surface area contributed by atoms with Gasteiger partial charge in [0.1, 0.15) is 10.8 Å². The van der Waals surface area contributed by atoms with E-state index in [4.69, 9.17) is 5.73 Å². The van der Waals surface area contributed by atoms with Gasteiger partial charge in [-0.2, -0.15) is 5.26 Å². The number of thioether (sulfide) groups is 1. The second-order valence-electron chi connectivity index (χ2n) is 8.95. The molecule has 10 nitrogen and oxygen atoms in total. The zero-order valence-electron chi connectivity index (χ0n) is 21.4. The van der Waals surface area contributed by atoms with Crippen molar-refractivity contribution in [1.82, 2.24) is 20.4 Å². The number of hydrogen-bond acceptors (Lipinski definition) is 12. The first kappa shape index (κ1) is 27.0. The molecule has 0 fully saturated rings. The maximum Gasteiger partial charge on any atom is 0.236 e. The number of aryl methyl sites for hydroxylation is 2. The third-order valence-electron chi connectivity index (χ3n) is 6.56. The zero-order valence-corrected chi connectivity index (χ0v) is 23.9. The predicted octanol–water partition coefficient (Wildman–Crippen LogP) is 4.55. The third-order valence-corrected chi connectivity index (χ3v) is 9.59. The van der Waals surface area contributed by atoms with Crippen LogP contribution in [0.3, 0.4) is 0 Å². The summed E-state index contributed by atoms with van der Waals surface area (Å²) in [5.41, 5.74) is 10.4. The fourth-order valence-electron chi connectivity index (χ4n) is 4.66. The zero-order chi connectivity index (χ0) is 27.5. The Morgan fingerprint density at radius 1 is 1.15 bits per heavy atom. The van der Waals surface area contributed by atoms with Crippen molar-refractivity contribution in [1.29, 1.82) is 5.26 Å². The Hall–Kier alpha value is -3.60. The molecule has 0 saturated heterocycles. The van der Waals surface area contributed by atoms with Gasteiger partial charge in [0.15, 0.2) is 10.1 Å². The number of anilines is 2. The Morgan fingerprint density at radius 2 is 1.95 bits per heavy atom. The van der Waals surface area contributed by atoms with Crippen LogP contribution in [0.5, 0.6) is 0 Å². The third kappa shape index (κ3) is 5.45. The van der Waals surface area contributed by atoms with E-state index in [1.54, 1.807) is 4.90 Å². The minimum atomic E-state index is -0.515. The molecule has 3 heterocycles. The van der Waals surface area contributed by atoms with E-state index in [0.29, 0.717) is 45.0 Å². The van der Waals surface area contributed by atoms with E-state index in [-0.39, 0.29) is 23.3 Å². The molecule has 1 aliphatic carbocycles. The highest BCUT2D eigenvalue weighted by atomic mass is 32.2. The van der Waals surface area contributed by atoms with Crippen LogP contribution in [-0.4, -0.2) is 37.8 Å². The monoisotopic (exact) mass is 578 g/mol. The lowest BCUT2D eigenvalue weighted by atomic mass is 9.75. The standard InChI is InChI=1S/C26H26N8O2S3/c1-3-14-8-10-15(11-9-14)21-16(12-27)23(28)34(17-6-5-7-18(35)22(17)21)25-32-33-26(39-25)37-13-19(36)29-24-31-30-20(4-2)38-24/h8-11,21H,3-7,13,28H2,1-2H3,(H,29,31,36). The Morgan fingerprint density at radius 3 is 2.64 bits per heavy atom. The van der Waals surface area contributed by atoms with Crippen molar-refractivity contribution < 1.29 is 9.59 Å². The molecule has 0 bridgehead atoms. The second kappa shape index (κ2) is 11.6. The second-order valence-corrected chi connectivity index (χ2v) is 12.2. The molecular weight excluding hydrogens is 553 g/mol. The normalized spacial score (nSPS) is 17.3. The number of hydrogen-bond donors (Lipinski definition) is 2. The number of carbonyl (C=O) groups is 2. The molecule has 1 aromatic carbocycles. The van der Waals surface area contributed by atoms with Gasteiger partial charge in [-0.1, -0.05) is 72.5 Å². The van der Waals surface area contributed by atoms with E-state index in [0.717, 1.165) is 29.1 Å². The number of nitrogens with zero attached hydrogens (tertiary/aromatic N) is 6. The maximum absolute atomic E-state index is 13.3. The Kier molecular flexibility index (Phi) is 8.06. The minimum Gasteiger partial charge on any atom is -0.384 e. The highest BCUT2D eigenvalue weighted by molar-refractivity contribution is 8.01. The van der Waals surface area contributed by atoms with Crippen LogP contribution in [-0.2, 0) is 22.4 Å². The summed E-state index contributed by atoms with van der Waals surface area (Å²) in [6.07, 6.45) is 3.41. The van der Waals surface area contributed by atoms with Gasteiger partial charge in [0, 0.05) is 17.7 Å². The molecule has 200 valence electrons. The Labute approximate surface area is 238 Å². The molecule has 0 radical (unpaired) electrons. The van der Waals surface area contributed by atoms with Gasteiger partial charge in [0.25, 0.3) is 0 Å². The predicted molar refractivity (Wildman–Crippen MR) is 152 cm³/mol. The van der Waals surface area contributed by atoms with Gasteiger partial charge in [0.05, 0.1) is 23.3 Å². The number of Topliss-reactive ketones (excluding diaryl/α,β-unsaturated/α-hetero) is 1. The number of nitrogens with one attached hydrogen (secondary N) is 1. The van der Waals surface area contributed by atoms with Gasteiger partial charge in [0.2, 0.25) is 16.2 Å². The van der Waals surface area contributed by atoms with E-state index in [9.17, 15) is 14.9 Å². The summed E-state index contributed by atoms with van der Waals surface area (Å²) in [7, 11) is 0. The molecule has 1 unspecified atom stereocenters. The molecule has 1 atom stereocenters. The van der Waals surface area contributed by atoms with Crippen LogP contribution in [0.25, 0.3) is 0 Å². The van der Waals surface area contributed by atoms with E-state index in [1.165, 1.54) is 40.0 Å². The molecule has 1 aliphatic heterocycles. The average molecular weight is 579 g/mol. The molecule has 39 heavy (non-hydrogen) atoms. The molecular formula is C26H26N8O2S3. The molecule has 3 N–H and O–H groups in total. The molecule has 5 rings (SSSR count). The van der Waals surface area contributed by atoms with Gasteiger partial charge in [-0.15, -0.1) is 20.4 Å². The average Bonchev–Trinajstić information content (AvgIpc) is 3.61. The van der Waals surface area contributed by atoms with Crippen molar-refractivity contribution in [3.05, 3.63) is 63.1 Å². The Balaban J connectivity index is 1.41. The number of amides is 1. The molecule has 2 aliphatic rings. The number of nitrogens with two attached hydrogens (primary N) is 1. The first-order valence-electron chi connectivity index (χ1n) is 12.6. The number of benzene rings is 1. The molecule has 0 spiro atoms. The van der Waals surface area contributed by atoms with Crippen LogP contribution < -0.4 is 16.0 Å². The van der Waals surface area contributed by atoms with Crippen LogP contribution in [0.15, 0.2) is 51.3 Å². The minimum absolute atomic E-state index is 0.0183. The Bertz CT molecular complexity index is 1520. The van der Waals surface area contributed by atoms with Crippen molar-refractivity contribution in [2.24, 2.45) is 5.73 Å². The lowest BCUT2D eigenvalue weighted by Crippen LogP contribution is -2.38. The van der Waals surface area contributed by atoms with E-state index >= 15 is 0 Å². The molecule has 0 saturated carbocycles. The lowest BCUT2D eigenvalue weighted by molar-refractivity contribution is -0.116. The number of aromatic nitrogens is 4. The number of allylic oxidation sites excluding steroid dienone is 3. The van der Waals surface area contributed by atoms with E-state index in [1.807, 2.05) is 31.2 Å². The van der Waals surface area contributed by atoms with Crippen LogP contribution in [0, 0.1) is 11.3 Å². The van der Waals surface area contributed by atoms with Gasteiger partial charge < -0.3 is 5.73 Å². The summed E-state index contributed by atoms with van der Waals surface area (Å²) in [6.45, 7) is 4.06. The van der Waals surface area contributed by atoms with Crippen LogP contribution >= 0.6 is 34.4 Å². The van der Waals surface area contributed by atoms with Crippen LogP contribution in [0.2, 0.25) is 0 Å².